The van der Waals surface area contributed by atoms with E-state index in [9.17, 15) is 4.79 Å². The summed E-state index contributed by atoms with van der Waals surface area (Å²) in [5.74, 6) is 0.464. The molecular weight excluding hydrogens is 230 g/mol. The van der Waals surface area contributed by atoms with Crippen molar-refractivity contribution in [1.29, 1.82) is 0 Å². The second-order valence-electron chi connectivity index (χ2n) is 4.79. The number of aromatic amines is 2. The number of benzene rings is 1. The fourth-order valence-corrected chi connectivity index (χ4v) is 1.92. The third-order valence-electron chi connectivity index (χ3n) is 3.02. The number of nitrogens with one attached hydrogen (secondary N) is 3. The standard InChI is InChI=1S/C13H19N3O2/c1-8(2)12(7-18-3)14-9-4-5-10-11(6-9)16-13(17)15-10/h4-6,8,12,14H,7H2,1-3H3,(H2,15,16,17). The molecule has 0 aliphatic rings. The summed E-state index contributed by atoms with van der Waals surface area (Å²) in [5.41, 5.74) is 2.43. The van der Waals surface area contributed by atoms with Crippen molar-refractivity contribution in [2.45, 2.75) is 19.9 Å². The van der Waals surface area contributed by atoms with Crippen molar-refractivity contribution in [3.05, 3.63) is 28.7 Å². The van der Waals surface area contributed by atoms with Gasteiger partial charge in [-0.1, -0.05) is 13.8 Å². The molecule has 0 aliphatic carbocycles. The topological polar surface area (TPSA) is 69.9 Å². The van der Waals surface area contributed by atoms with E-state index >= 15 is 0 Å². The number of hydrogen-bond donors (Lipinski definition) is 3. The van der Waals surface area contributed by atoms with Crippen molar-refractivity contribution in [3.63, 3.8) is 0 Å². The highest BCUT2D eigenvalue weighted by Gasteiger charge is 2.13. The zero-order chi connectivity index (χ0) is 13.1. The third kappa shape index (κ3) is 2.73. The number of methoxy groups -OCH3 is 1. The van der Waals surface area contributed by atoms with E-state index in [1.807, 2.05) is 18.2 Å². The maximum atomic E-state index is 11.2. The van der Waals surface area contributed by atoms with Gasteiger partial charge in [0.05, 0.1) is 23.7 Å². The van der Waals surface area contributed by atoms with Crippen LogP contribution in [0.5, 0.6) is 0 Å². The van der Waals surface area contributed by atoms with Gasteiger partial charge in [0, 0.05) is 12.8 Å². The lowest BCUT2D eigenvalue weighted by Crippen LogP contribution is -2.30. The minimum atomic E-state index is -0.181. The summed E-state index contributed by atoms with van der Waals surface area (Å²) in [6.07, 6.45) is 0. The largest absolute Gasteiger partial charge is 0.383 e. The quantitative estimate of drug-likeness (QED) is 0.758. The van der Waals surface area contributed by atoms with Crippen molar-refractivity contribution >= 4 is 16.7 Å². The van der Waals surface area contributed by atoms with Crippen LogP contribution >= 0.6 is 0 Å². The highest BCUT2D eigenvalue weighted by atomic mass is 16.5. The lowest BCUT2D eigenvalue weighted by molar-refractivity contribution is 0.171. The second-order valence-corrected chi connectivity index (χ2v) is 4.79. The molecule has 3 N–H and O–H groups in total. The lowest BCUT2D eigenvalue weighted by atomic mass is 10.0. The van der Waals surface area contributed by atoms with Crippen LogP contribution < -0.4 is 11.0 Å². The van der Waals surface area contributed by atoms with Crippen LogP contribution in [0.2, 0.25) is 0 Å². The van der Waals surface area contributed by atoms with E-state index in [-0.39, 0.29) is 11.7 Å². The van der Waals surface area contributed by atoms with Gasteiger partial charge in [0.15, 0.2) is 0 Å². The highest BCUT2D eigenvalue weighted by molar-refractivity contribution is 5.78. The zero-order valence-electron chi connectivity index (χ0n) is 10.9. The summed E-state index contributed by atoms with van der Waals surface area (Å²) in [6.45, 7) is 4.94. The Bertz CT molecular complexity index is 571. The van der Waals surface area contributed by atoms with Crippen LogP contribution in [-0.4, -0.2) is 29.7 Å². The van der Waals surface area contributed by atoms with Crippen molar-refractivity contribution in [2.75, 3.05) is 19.0 Å². The maximum Gasteiger partial charge on any atom is 0.323 e. The lowest BCUT2D eigenvalue weighted by Gasteiger charge is -2.22. The van der Waals surface area contributed by atoms with Crippen LogP contribution in [0.4, 0.5) is 5.69 Å². The monoisotopic (exact) mass is 249 g/mol. The van der Waals surface area contributed by atoms with Crippen LogP contribution in [0.3, 0.4) is 0 Å². The number of fused-ring (bicyclic) bond motifs is 1. The first-order valence-electron chi connectivity index (χ1n) is 6.07. The SMILES string of the molecule is COCC(Nc1ccc2[nH]c(=O)[nH]c2c1)C(C)C. The average Bonchev–Trinajstić information content (AvgIpc) is 2.67. The van der Waals surface area contributed by atoms with Gasteiger partial charge in [-0.05, 0) is 24.1 Å². The molecular formula is C13H19N3O2. The molecule has 0 saturated carbocycles. The number of aromatic nitrogens is 2. The molecule has 0 saturated heterocycles. The van der Waals surface area contributed by atoms with Gasteiger partial charge >= 0.3 is 5.69 Å². The Morgan fingerprint density at radius 2 is 2.00 bits per heavy atom. The number of rotatable bonds is 5. The minimum absolute atomic E-state index is 0.181. The second kappa shape index (κ2) is 5.27. The third-order valence-corrected chi connectivity index (χ3v) is 3.02. The van der Waals surface area contributed by atoms with E-state index in [2.05, 4.69) is 29.1 Å². The van der Waals surface area contributed by atoms with E-state index in [4.69, 9.17) is 4.74 Å². The summed E-state index contributed by atoms with van der Waals surface area (Å²) >= 11 is 0. The van der Waals surface area contributed by atoms with Gasteiger partial charge in [0.25, 0.3) is 0 Å². The first-order chi connectivity index (χ1) is 8.60. The normalized spacial score (nSPS) is 13.1. The summed E-state index contributed by atoms with van der Waals surface area (Å²) < 4.78 is 5.20. The molecule has 18 heavy (non-hydrogen) atoms. The van der Waals surface area contributed by atoms with E-state index in [0.29, 0.717) is 12.5 Å². The Morgan fingerprint density at radius 1 is 1.28 bits per heavy atom. The first kappa shape index (κ1) is 12.7. The van der Waals surface area contributed by atoms with Crippen LogP contribution in [-0.2, 0) is 4.74 Å². The molecule has 0 fully saturated rings. The molecule has 1 atom stereocenters. The molecule has 0 amide bonds. The van der Waals surface area contributed by atoms with Gasteiger partial charge in [0.2, 0.25) is 0 Å². The van der Waals surface area contributed by atoms with E-state index in [1.54, 1.807) is 7.11 Å². The smallest absolute Gasteiger partial charge is 0.323 e. The number of anilines is 1. The van der Waals surface area contributed by atoms with Gasteiger partial charge in [-0.2, -0.15) is 0 Å². The average molecular weight is 249 g/mol. The molecule has 2 rings (SSSR count). The fraction of sp³-hybridized carbons (Fsp3) is 0.462. The molecule has 98 valence electrons. The van der Waals surface area contributed by atoms with Crippen LogP contribution in [0.15, 0.2) is 23.0 Å². The van der Waals surface area contributed by atoms with Gasteiger partial charge in [-0.25, -0.2) is 4.79 Å². The Morgan fingerprint density at radius 3 is 2.67 bits per heavy atom. The molecule has 0 radical (unpaired) electrons. The fourth-order valence-electron chi connectivity index (χ4n) is 1.92. The Balaban J connectivity index is 2.22. The molecule has 1 unspecified atom stereocenters. The molecule has 5 heteroatoms. The van der Waals surface area contributed by atoms with Crippen molar-refractivity contribution in [3.8, 4) is 0 Å². The molecule has 1 heterocycles. The Kier molecular flexibility index (Phi) is 3.72. The number of imidazole rings is 1. The van der Waals surface area contributed by atoms with Crippen LogP contribution in [0.25, 0.3) is 11.0 Å². The molecule has 0 spiro atoms. The Hall–Kier alpha value is -1.75. The van der Waals surface area contributed by atoms with Crippen molar-refractivity contribution in [2.24, 2.45) is 5.92 Å². The van der Waals surface area contributed by atoms with Crippen molar-refractivity contribution in [1.82, 2.24) is 9.97 Å². The van der Waals surface area contributed by atoms with E-state index in [1.165, 1.54) is 0 Å². The molecule has 2 aromatic rings. The Labute approximate surface area is 106 Å². The van der Waals surface area contributed by atoms with Crippen LogP contribution in [0, 0.1) is 5.92 Å². The molecule has 1 aromatic carbocycles. The molecule has 0 aliphatic heterocycles. The summed E-state index contributed by atoms with van der Waals surface area (Å²) in [7, 11) is 1.70. The predicted molar refractivity (Wildman–Crippen MR) is 73.0 cm³/mol. The summed E-state index contributed by atoms with van der Waals surface area (Å²) in [5, 5.41) is 3.42. The number of hydrogen-bond acceptors (Lipinski definition) is 3. The van der Waals surface area contributed by atoms with Crippen molar-refractivity contribution < 1.29 is 4.74 Å². The summed E-state index contributed by atoms with van der Waals surface area (Å²) in [6, 6.07) is 6.02. The van der Waals surface area contributed by atoms with E-state index in [0.717, 1.165) is 16.7 Å². The molecule has 5 nitrogen and oxygen atoms in total. The first-order valence-corrected chi connectivity index (χ1v) is 6.07. The van der Waals surface area contributed by atoms with Gasteiger partial charge in [-0.3, -0.25) is 0 Å². The molecule has 0 bridgehead atoms. The highest BCUT2D eigenvalue weighted by Crippen LogP contribution is 2.17. The van der Waals surface area contributed by atoms with Gasteiger partial charge in [-0.15, -0.1) is 0 Å². The zero-order valence-corrected chi connectivity index (χ0v) is 10.9. The maximum absolute atomic E-state index is 11.2. The number of ether oxygens (including phenoxy) is 1. The molecule has 1 aromatic heterocycles. The predicted octanol–water partition coefficient (Wildman–Crippen LogP) is 1.94. The van der Waals surface area contributed by atoms with E-state index < -0.39 is 0 Å². The minimum Gasteiger partial charge on any atom is -0.383 e. The van der Waals surface area contributed by atoms with Gasteiger partial charge in [0.1, 0.15) is 0 Å². The van der Waals surface area contributed by atoms with Gasteiger partial charge < -0.3 is 20.0 Å². The van der Waals surface area contributed by atoms with Crippen LogP contribution in [0.1, 0.15) is 13.8 Å². The number of H-pyrrole nitrogens is 2. The summed E-state index contributed by atoms with van der Waals surface area (Å²) in [4.78, 5) is 16.7.